The lowest BCUT2D eigenvalue weighted by atomic mass is 9.81. The molecule has 1 aliphatic carbocycles. The molecule has 9 heteroatoms. The van der Waals surface area contributed by atoms with Gasteiger partial charge in [-0.05, 0) is 37.1 Å². The molecule has 2 atom stereocenters. The summed E-state index contributed by atoms with van der Waals surface area (Å²) in [6.45, 7) is 0. The first-order valence-corrected chi connectivity index (χ1v) is 9.59. The molecule has 1 saturated carbocycles. The second-order valence-corrected chi connectivity index (χ2v) is 7.40. The molecule has 0 bridgehead atoms. The van der Waals surface area contributed by atoms with Crippen LogP contribution in [0.4, 0.5) is 5.82 Å². The molecule has 5 rings (SSSR count). The van der Waals surface area contributed by atoms with Crippen molar-refractivity contribution in [2.45, 2.75) is 25.7 Å². The quantitative estimate of drug-likeness (QED) is 0.679. The molecular weight excluding hydrogens is 374 g/mol. The first kappa shape index (κ1) is 17.6. The summed E-state index contributed by atoms with van der Waals surface area (Å²) >= 11 is 0. The number of amides is 2. The van der Waals surface area contributed by atoms with Crippen molar-refractivity contribution in [1.82, 2.24) is 19.6 Å². The fourth-order valence-electron chi connectivity index (χ4n) is 4.29. The molecule has 0 radical (unpaired) electrons. The molecule has 0 spiro atoms. The molecule has 3 heterocycles. The van der Waals surface area contributed by atoms with Crippen LogP contribution in [0.25, 0.3) is 17.2 Å². The Morgan fingerprint density at radius 3 is 2.31 bits per heavy atom. The molecule has 0 unspecified atom stereocenters. The van der Waals surface area contributed by atoms with Gasteiger partial charge in [0.1, 0.15) is 5.75 Å². The van der Waals surface area contributed by atoms with E-state index in [1.165, 1.54) is 10.6 Å². The van der Waals surface area contributed by atoms with E-state index >= 15 is 0 Å². The van der Waals surface area contributed by atoms with Gasteiger partial charge in [0.15, 0.2) is 11.6 Å². The van der Waals surface area contributed by atoms with E-state index < -0.39 is 5.56 Å². The monoisotopic (exact) mass is 393 g/mol. The highest BCUT2D eigenvalue weighted by Crippen LogP contribution is 2.39. The maximum Gasteiger partial charge on any atom is 0.254 e. The van der Waals surface area contributed by atoms with Gasteiger partial charge in [-0.25, -0.2) is 4.90 Å². The van der Waals surface area contributed by atoms with E-state index in [4.69, 9.17) is 4.74 Å². The van der Waals surface area contributed by atoms with Crippen LogP contribution in [0.2, 0.25) is 0 Å². The highest BCUT2D eigenvalue weighted by Gasteiger charge is 2.49. The van der Waals surface area contributed by atoms with Crippen LogP contribution in [0, 0.1) is 11.8 Å². The number of anilines is 1. The van der Waals surface area contributed by atoms with E-state index in [0.29, 0.717) is 30.0 Å². The average Bonchev–Trinajstić information content (AvgIpc) is 3.27. The maximum atomic E-state index is 13.0. The number of nitrogens with one attached hydrogen (secondary N) is 1. The van der Waals surface area contributed by atoms with Crippen LogP contribution >= 0.6 is 0 Å². The van der Waals surface area contributed by atoms with Crippen LogP contribution in [0.15, 0.2) is 35.1 Å². The van der Waals surface area contributed by atoms with E-state index in [1.54, 1.807) is 31.4 Å². The molecule has 29 heavy (non-hydrogen) atoms. The van der Waals surface area contributed by atoms with Crippen LogP contribution in [-0.4, -0.2) is 38.5 Å². The number of hydrogen-bond donors (Lipinski definition) is 1. The first-order valence-electron chi connectivity index (χ1n) is 9.59. The Kier molecular flexibility index (Phi) is 3.97. The maximum absolute atomic E-state index is 13.0. The third-order valence-corrected chi connectivity index (χ3v) is 5.74. The normalized spacial score (nSPS) is 21.6. The number of nitrogens with zero attached hydrogens (tertiary/aromatic N) is 4. The summed E-state index contributed by atoms with van der Waals surface area (Å²) in [5.41, 5.74) is 0.269. The summed E-state index contributed by atoms with van der Waals surface area (Å²) in [6.07, 6.45) is 3.27. The van der Waals surface area contributed by atoms with Gasteiger partial charge < -0.3 is 4.74 Å². The minimum atomic E-state index is -0.448. The topological polar surface area (TPSA) is 110 Å². The predicted molar refractivity (Wildman–Crippen MR) is 104 cm³/mol. The lowest BCUT2D eigenvalue weighted by Crippen LogP contribution is -2.34. The van der Waals surface area contributed by atoms with Crippen molar-refractivity contribution in [3.63, 3.8) is 0 Å². The van der Waals surface area contributed by atoms with E-state index in [1.807, 2.05) is 0 Å². The summed E-state index contributed by atoms with van der Waals surface area (Å²) < 4.78 is 6.52. The van der Waals surface area contributed by atoms with Gasteiger partial charge in [0, 0.05) is 11.6 Å². The number of fused-ring (bicyclic) bond motifs is 2. The van der Waals surface area contributed by atoms with Crippen molar-refractivity contribution in [1.29, 1.82) is 0 Å². The van der Waals surface area contributed by atoms with Crippen molar-refractivity contribution in [2.24, 2.45) is 11.8 Å². The zero-order valence-electron chi connectivity index (χ0n) is 15.8. The Bertz CT molecular complexity index is 1160. The molecule has 1 saturated heterocycles. The van der Waals surface area contributed by atoms with Crippen LogP contribution in [0.3, 0.4) is 0 Å². The summed E-state index contributed by atoms with van der Waals surface area (Å²) in [5, 5.41) is 4.46. The number of rotatable bonds is 3. The lowest BCUT2D eigenvalue weighted by molar-refractivity contribution is -0.122. The van der Waals surface area contributed by atoms with Crippen LogP contribution < -0.4 is 15.2 Å². The van der Waals surface area contributed by atoms with Gasteiger partial charge >= 0.3 is 0 Å². The standard InChI is InChI=1S/C20H19N5O4/c1-29-12-8-6-11(7-9-12)17-22-20-21-15(26)10-16(25(20)23-17)24-18(27)13-4-2-3-5-14(13)19(24)28/h6-10,13-14H,2-5H2,1H3,(H,21,22,23,26)/t13-,14-/m1/s1. The second kappa shape index (κ2) is 6.54. The SMILES string of the molecule is COc1ccc(-c2nc3[nH]c(=O)cc(N4C(=O)[C@@H]5CCCC[C@H]5C4=O)n3n2)cc1. The van der Waals surface area contributed by atoms with Gasteiger partial charge in [-0.2, -0.15) is 9.50 Å². The van der Waals surface area contributed by atoms with Gasteiger partial charge in [-0.15, -0.1) is 5.10 Å². The number of carbonyl (C=O) groups is 2. The smallest absolute Gasteiger partial charge is 0.254 e. The minimum absolute atomic E-state index is 0.139. The van der Waals surface area contributed by atoms with Crippen molar-refractivity contribution < 1.29 is 14.3 Å². The summed E-state index contributed by atoms with van der Waals surface area (Å²) in [6, 6.07) is 8.39. The van der Waals surface area contributed by atoms with Crippen LogP contribution in [-0.2, 0) is 9.59 Å². The first-order chi connectivity index (χ1) is 14.1. The average molecular weight is 393 g/mol. The van der Waals surface area contributed by atoms with Gasteiger partial charge in [-0.1, -0.05) is 12.8 Å². The fraction of sp³-hybridized carbons (Fsp3) is 0.350. The molecule has 3 aromatic rings. The molecule has 2 aromatic heterocycles. The second-order valence-electron chi connectivity index (χ2n) is 7.40. The zero-order valence-corrected chi connectivity index (χ0v) is 15.8. The Morgan fingerprint density at radius 2 is 1.69 bits per heavy atom. The molecular formula is C20H19N5O4. The minimum Gasteiger partial charge on any atom is -0.497 e. The lowest BCUT2D eigenvalue weighted by Gasteiger charge is -2.19. The van der Waals surface area contributed by atoms with Crippen molar-refractivity contribution >= 4 is 23.4 Å². The van der Waals surface area contributed by atoms with Crippen molar-refractivity contribution in [3.05, 3.63) is 40.7 Å². The van der Waals surface area contributed by atoms with Gasteiger partial charge in [0.2, 0.25) is 17.6 Å². The van der Waals surface area contributed by atoms with Gasteiger partial charge in [0.25, 0.3) is 5.56 Å². The van der Waals surface area contributed by atoms with Gasteiger partial charge in [0.05, 0.1) is 18.9 Å². The third-order valence-electron chi connectivity index (χ3n) is 5.74. The number of ether oxygens (including phenoxy) is 1. The number of aromatic nitrogens is 4. The number of imide groups is 1. The third kappa shape index (κ3) is 2.72. The number of H-pyrrole nitrogens is 1. The number of benzene rings is 1. The Labute approximate surface area is 165 Å². The van der Waals surface area contributed by atoms with Crippen molar-refractivity contribution in [2.75, 3.05) is 12.0 Å². The number of carbonyl (C=O) groups excluding carboxylic acids is 2. The molecule has 9 nitrogen and oxygen atoms in total. The number of methoxy groups -OCH3 is 1. The van der Waals surface area contributed by atoms with E-state index in [2.05, 4.69) is 15.1 Å². The molecule has 1 aliphatic heterocycles. The molecule has 2 aliphatic rings. The summed E-state index contributed by atoms with van der Waals surface area (Å²) in [4.78, 5) is 46.3. The van der Waals surface area contributed by atoms with Gasteiger partial charge in [-0.3, -0.25) is 19.4 Å². The molecule has 148 valence electrons. The Morgan fingerprint density at radius 1 is 1.03 bits per heavy atom. The Balaban J connectivity index is 1.62. The molecule has 2 amide bonds. The largest absolute Gasteiger partial charge is 0.497 e. The molecule has 1 N–H and O–H groups in total. The number of hydrogen-bond acceptors (Lipinski definition) is 6. The van der Waals surface area contributed by atoms with E-state index in [9.17, 15) is 14.4 Å². The molecule has 1 aromatic carbocycles. The summed E-state index contributed by atoms with van der Waals surface area (Å²) in [5.74, 6) is 0.246. The fourth-order valence-corrected chi connectivity index (χ4v) is 4.29. The highest BCUT2D eigenvalue weighted by molar-refractivity contribution is 6.21. The van der Waals surface area contributed by atoms with Crippen LogP contribution in [0.5, 0.6) is 5.75 Å². The Hall–Kier alpha value is -3.49. The number of aromatic amines is 1. The zero-order chi connectivity index (χ0) is 20.1. The van der Waals surface area contributed by atoms with E-state index in [0.717, 1.165) is 17.7 Å². The molecule has 2 fully saturated rings. The summed E-state index contributed by atoms with van der Waals surface area (Å²) in [7, 11) is 1.58. The van der Waals surface area contributed by atoms with Crippen molar-refractivity contribution in [3.8, 4) is 17.1 Å². The van der Waals surface area contributed by atoms with Crippen LogP contribution in [0.1, 0.15) is 25.7 Å². The van der Waals surface area contributed by atoms with E-state index in [-0.39, 0.29) is 35.2 Å². The predicted octanol–water partition coefficient (Wildman–Crippen LogP) is 1.77. The highest BCUT2D eigenvalue weighted by atomic mass is 16.5.